The number of aliphatic hydroxyl groups is 2. The molecule has 0 aliphatic carbocycles. The third-order valence-electron chi connectivity index (χ3n) is 2.82. The Morgan fingerprint density at radius 1 is 1.31 bits per heavy atom. The van der Waals surface area contributed by atoms with Crippen LogP contribution in [0.3, 0.4) is 0 Å². The van der Waals surface area contributed by atoms with Gasteiger partial charge in [0.1, 0.15) is 0 Å². The number of likely N-dealkylation sites (tertiary alicyclic amines) is 1. The highest BCUT2D eigenvalue weighted by molar-refractivity contribution is 5.76. The monoisotopic (exact) mass is 230 g/mol. The van der Waals surface area contributed by atoms with Crippen molar-refractivity contribution in [1.82, 2.24) is 10.2 Å². The van der Waals surface area contributed by atoms with E-state index < -0.39 is 6.10 Å². The number of aliphatic hydroxyl groups excluding tert-OH is 2. The summed E-state index contributed by atoms with van der Waals surface area (Å²) in [6, 6.07) is 0. The standard InChI is InChI=1S/C11H22N2O3/c14-9-10(15)8-12-5-4-11(16)13-6-2-1-3-7-13/h10,12,14-15H,1-9H2. The van der Waals surface area contributed by atoms with Crippen LogP contribution in [0.4, 0.5) is 0 Å². The van der Waals surface area contributed by atoms with Gasteiger partial charge in [0, 0.05) is 32.6 Å². The molecule has 1 saturated heterocycles. The summed E-state index contributed by atoms with van der Waals surface area (Å²) in [7, 11) is 0. The van der Waals surface area contributed by atoms with Gasteiger partial charge in [0.2, 0.25) is 5.91 Å². The van der Waals surface area contributed by atoms with Gasteiger partial charge in [0.05, 0.1) is 12.7 Å². The number of carbonyl (C=O) groups is 1. The Morgan fingerprint density at radius 3 is 2.62 bits per heavy atom. The molecule has 3 N–H and O–H groups in total. The zero-order valence-electron chi connectivity index (χ0n) is 9.69. The van der Waals surface area contributed by atoms with Crippen molar-refractivity contribution in [1.29, 1.82) is 0 Å². The molecule has 0 aromatic heterocycles. The van der Waals surface area contributed by atoms with E-state index >= 15 is 0 Å². The Balaban J connectivity index is 2.05. The summed E-state index contributed by atoms with van der Waals surface area (Å²) in [5.74, 6) is 0.186. The summed E-state index contributed by atoms with van der Waals surface area (Å²) in [5.41, 5.74) is 0. The molecule has 0 radical (unpaired) electrons. The van der Waals surface area contributed by atoms with Crippen LogP contribution in [-0.4, -0.2) is 59.9 Å². The van der Waals surface area contributed by atoms with Gasteiger partial charge in [-0.05, 0) is 19.3 Å². The third-order valence-corrected chi connectivity index (χ3v) is 2.82. The largest absolute Gasteiger partial charge is 0.394 e. The maximum atomic E-state index is 11.7. The molecule has 0 saturated carbocycles. The fourth-order valence-corrected chi connectivity index (χ4v) is 1.83. The number of piperidine rings is 1. The number of nitrogens with zero attached hydrogens (tertiary/aromatic N) is 1. The molecule has 1 atom stereocenters. The number of carbonyl (C=O) groups excluding carboxylic acids is 1. The Bertz CT molecular complexity index is 205. The molecular weight excluding hydrogens is 208 g/mol. The van der Waals surface area contributed by atoms with E-state index in [0.29, 0.717) is 19.5 Å². The number of nitrogens with one attached hydrogen (secondary N) is 1. The maximum absolute atomic E-state index is 11.7. The maximum Gasteiger partial charge on any atom is 0.223 e. The smallest absolute Gasteiger partial charge is 0.223 e. The van der Waals surface area contributed by atoms with Crippen LogP contribution in [0.25, 0.3) is 0 Å². The van der Waals surface area contributed by atoms with E-state index in [9.17, 15) is 4.79 Å². The zero-order chi connectivity index (χ0) is 11.8. The lowest BCUT2D eigenvalue weighted by molar-refractivity contribution is -0.132. The first-order chi connectivity index (χ1) is 7.74. The van der Waals surface area contributed by atoms with Gasteiger partial charge in [-0.3, -0.25) is 4.79 Å². The van der Waals surface area contributed by atoms with Crippen LogP contribution in [0.2, 0.25) is 0 Å². The minimum absolute atomic E-state index is 0.186. The van der Waals surface area contributed by atoms with E-state index in [1.165, 1.54) is 6.42 Å². The van der Waals surface area contributed by atoms with Crippen molar-refractivity contribution in [2.45, 2.75) is 31.8 Å². The SMILES string of the molecule is O=C(CCNCC(O)CO)N1CCCCC1. The van der Waals surface area contributed by atoms with Crippen molar-refractivity contribution < 1.29 is 15.0 Å². The zero-order valence-corrected chi connectivity index (χ0v) is 9.69. The Kier molecular flexibility index (Phi) is 6.37. The Hall–Kier alpha value is -0.650. The quantitative estimate of drug-likeness (QED) is 0.529. The molecule has 0 spiro atoms. The number of amides is 1. The first-order valence-corrected chi connectivity index (χ1v) is 6.01. The highest BCUT2D eigenvalue weighted by atomic mass is 16.3. The van der Waals surface area contributed by atoms with Gasteiger partial charge in [-0.15, -0.1) is 0 Å². The highest BCUT2D eigenvalue weighted by Gasteiger charge is 2.15. The topological polar surface area (TPSA) is 72.8 Å². The molecule has 1 fully saturated rings. The second kappa shape index (κ2) is 7.60. The van der Waals surface area contributed by atoms with Gasteiger partial charge in [-0.2, -0.15) is 0 Å². The van der Waals surface area contributed by atoms with Gasteiger partial charge < -0.3 is 20.4 Å². The van der Waals surface area contributed by atoms with Crippen molar-refractivity contribution in [2.24, 2.45) is 0 Å². The molecule has 0 bridgehead atoms. The normalized spacial score (nSPS) is 18.5. The second-order valence-corrected chi connectivity index (χ2v) is 4.23. The average Bonchev–Trinajstić information content (AvgIpc) is 2.35. The van der Waals surface area contributed by atoms with Crippen LogP contribution in [-0.2, 0) is 4.79 Å². The molecule has 1 unspecified atom stereocenters. The van der Waals surface area contributed by atoms with Gasteiger partial charge in [0.15, 0.2) is 0 Å². The molecule has 5 nitrogen and oxygen atoms in total. The number of hydrogen-bond acceptors (Lipinski definition) is 4. The molecule has 94 valence electrons. The first-order valence-electron chi connectivity index (χ1n) is 6.01. The summed E-state index contributed by atoms with van der Waals surface area (Å²) >= 11 is 0. The summed E-state index contributed by atoms with van der Waals surface area (Å²) in [6.45, 7) is 2.43. The van der Waals surface area contributed by atoms with E-state index in [0.717, 1.165) is 25.9 Å². The molecule has 0 aromatic carbocycles. The van der Waals surface area contributed by atoms with Crippen LogP contribution in [0.15, 0.2) is 0 Å². The fourth-order valence-electron chi connectivity index (χ4n) is 1.83. The molecule has 5 heteroatoms. The van der Waals surface area contributed by atoms with Crippen molar-refractivity contribution >= 4 is 5.91 Å². The van der Waals surface area contributed by atoms with Crippen molar-refractivity contribution in [3.05, 3.63) is 0 Å². The average molecular weight is 230 g/mol. The van der Waals surface area contributed by atoms with Gasteiger partial charge >= 0.3 is 0 Å². The van der Waals surface area contributed by atoms with Crippen LogP contribution in [0.1, 0.15) is 25.7 Å². The van der Waals surface area contributed by atoms with Crippen molar-refractivity contribution in [3.8, 4) is 0 Å². The van der Waals surface area contributed by atoms with Crippen molar-refractivity contribution in [3.63, 3.8) is 0 Å². The Morgan fingerprint density at radius 2 is 2.00 bits per heavy atom. The van der Waals surface area contributed by atoms with Crippen LogP contribution in [0.5, 0.6) is 0 Å². The predicted molar refractivity (Wildman–Crippen MR) is 61.0 cm³/mol. The molecule has 16 heavy (non-hydrogen) atoms. The molecule has 1 aliphatic rings. The van der Waals surface area contributed by atoms with Crippen LogP contribution >= 0.6 is 0 Å². The minimum Gasteiger partial charge on any atom is -0.394 e. The molecule has 1 amide bonds. The van der Waals surface area contributed by atoms with Crippen LogP contribution in [0, 0.1) is 0 Å². The fraction of sp³-hybridized carbons (Fsp3) is 0.909. The van der Waals surface area contributed by atoms with E-state index in [4.69, 9.17) is 10.2 Å². The van der Waals surface area contributed by atoms with Crippen LogP contribution < -0.4 is 5.32 Å². The molecular formula is C11H22N2O3. The lowest BCUT2D eigenvalue weighted by atomic mass is 10.1. The molecule has 1 heterocycles. The molecule has 0 aromatic rings. The van der Waals surface area contributed by atoms with E-state index in [-0.39, 0.29) is 12.5 Å². The predicted octanol–water partition coefficient (Wildman–Crippen LogP) is -0.668. The van der Waals surface area contributed by atoms with E-state index in [1.54, 1.807) is 0 Å². The first kappa shape index (κ1) is 13.4. The van der Waals surface area contributed by atoms with Gasteiger partial charge in [-0.1, -0.05) is 0 Å². The highest BCUT2D eigenvalue weighted by Crippen LogP contribution is 2.09. The summed E-state index contributed by atoms with van der Waals surface area (Å²) in [5, 5.41) is 20.6. The molecule has 1 aliphatic heterocycles. The lowest BCUT2D eigenvalue weighted by Gasteiger charge is -2.26. The Labute approximate surface area is 96.4 Å². The number of rotatable bonds is 6. The lowest BCUT2D eigenvalue weighted by Crippen LogP contribution is -2.38. The van der Waals surface area contributed by atoms with Crippen molar-refractivity contribution in [2.75, 3.05) is 32.8 Å². The summed E-state index contributed by atoms with van der Waals surface area (Å²) in [4.78, 5) is 13.6. The number of hydrogen-bond donors (Lipinski definition) is 3. The van der Waals surface area contributed by atoms with E-state index in [2.05, 4.69) is 5.32 Å². The van der Waals surface area contributed by atoms with Gasteiger partial charge in [0.25, 0.3) is 0 Å². The third kappa shape index (κ3) is 4.92. The molecule has 1 rings (SSSR count). The van der Waals surface area contributed by atoms with E-state index in [1.807, 2.05) is 4.90 Å². The summed E-state index contributed by atoms with van der Waals surface area (Å²) < 4.78 is 0. The van der Waals surface area contributed by atoms with Gasteiger partial charge in [-0.25, -0.2) is 0 Å². The minimum atomic E-state index is -0.731. The summed E-state index contributed by atoms with van der Waals surface area (Å²) in [6.07, 6.45) is 3.19. The second-order valence-electron chi connectivity index (χ2n) is 4.23.